The molecule has 3 fully saturated rings. The predicted molar refractivity (Wildman–Crippen MR) is 58.5 cm³/mol. The van der Waals surface area contributed by atoms with Gasteiger partial charge >= 0.3 is 0 Å². The van der Waals surface area contributed by atoms with E-state index in [0.717, 1.165) is 18.6 Å². The Hall–Kier alpha value is -0.880. The molecule has 82 valence electrons. The lowest BCUT2D eigenvalue weighted by atomic mass is 9.44. The largest absolute Gasteiger partial charge is 0.384 e. The van der Waals surface area contributed by atoms with Crippen molar-refractivity contribution in [2.24, 2.45) is 22.2 Å². The zero-order valence-electron chi connectivity index (χ0n) is 9.62. The average Bonchev–Trinajstić information content (AvgIpc) is 2.14. The number of fused-ring (bicyclic) bond motifs is 2. The highest BCUT2D eigenvalue weighted by Gasteiger charge is 2.61. The second-order valence-electron chi connectivity index (χ2n) is 5.58. The van der Waals surface area contributed by atoms with Crippen LogP contribution in [0.25, 0.3) is 0 Å². The van der Waals surface area contributed by atoms with Crippen molar-refractivity contribution < 1.29 is 5.11 Å². The molecule has 3 heteroatoms. The van der Waals surface area contributed by atoms with Crippen LogP contribution in [-0.2, 0) is 0 Å². The van der Waals surface area contributed by atoms with Crippen molar-refractivity contribution in [3.05, 3.63) is 0 Å². The molecule has 0 unspecified atom stereocenters. The Morgan fingerprint density at radius 2 is 2.20 bits per heavy atom. The minimum absolute atomic E-state index is 0.172. The molecule has 0 radical (unpaired) electrons. The molecule has 15 heavy (non-hydrogen) atoms. The van der Waals surface area contributed by atoms with E-state index in [1.165, 1.54) is 0 Å². The number of aliphatic hydroxyl groups is 1. The Bertz CT molecular complexity index is 349. The second-order valence-corrected chi connectivity index (χ2v) is 5.58. The zero-order chi connectivity index (χ0) is 11.3. The van der Waals surface area contributed by atoms with E-state index in [1.54, 1.807) is 0 Å². The maximum atomic E-state index is 10.5. The van der Waals surface area contributed by atoms with Gasteiger partial charge in [-0.05, 0) is 37.0 Å². The summed E-state index contributed by atoms with van der Waals surface area (Å²) in [6, 6.07) is 2.00. The minimum Gasteiger partial charge on any atom is -0.384 e. The quantitative estimate of drug-likeness (QED) is 0.665. The highest BCUT2D eigenvalue weighted by Crippen LogP contribution is 2.61. The Balaban J connectivity index is 2.25. The molecule has 1 N–H and O–H groups in total. The number of aliphatic imine (C=N–C) groups is 1. The van der Waals surface area contributed by atoms with Crippen molar-refractivity contribution in [1.29, 1.82) is 5.26 Å². The maximum Gasteiger partial charge on any atom is 0.126 e. The maximum absolute atomic E-state index is 10.5. The average molecular weight is 206 g/mol. The molecule has 3 nitrogen and oxygen atoms in total. The molecule has 0 aromatic carbocycles. The lowest BCUT2D eigenvalue weighted by Gasteiger charge is -2.62. The molecule has 3 rings (SSSR count). The summed E-state index contributed by atoms with van der Waals surface area (Å²) in [5, 5.41) is 19.0. The van der Waals surface area contributed by atoms with Crippen LogP contribution >= 0.6 is 0 Å². The van der Waals surface area contributed by atoms with Crippen molar-refractivity contribution in [1.82, 2.24) is 0 Å². The fourth-order valence-electron chi connectivity index (χ4n) is 3.31. The van der Waals surface area contributed by atoms with Gasteiger partial charge in [-0.3, -0.25) is 4.99 Å². The van der Waals surface area contributed by atoms with Crippen molar-refractivity contribution in [3.63, 3.8) is 0 Å². The number of hydrogen-bond acceptors (Lipinski definition) is 3. The fourth-order valence-corrected chi connectivity index (χ4v) is 3.31. The Morgan fingerprint density at radius 1 is 1.53 bits per heavy atom. The van der Waals surface area contributed by atoms with E-state index >= 15 is 0 Å². The number of nitriles is 1. The topological polar surface area (TPSA) is 56.4 Å². The Labute approximate surface area is 90.8 Å². The lowest BCUT2D eigenvalue weighted by Crippen LogP contribution is -2.64. The monoisotopic (exact) mass is 206 g/mol. The number of rotatable bonds is 1. The summed E-state index contributed by atoms with van der Waals surface area (Å²) >= 11 is 0. The van der Waals surface area contributed by atoms with Crippen molar-refractivity contribution in [2.45, 2.75) is 39.2 Å². The van der Waals surface area contributed by atoms with Gasteiger partial charge in [0.2, 0.25) is 0 Å². The molecule has 0 aromatic rings. The summed E-state index contributed by atoms with van der Waals surface area (Å²) in [5.74, 6) is 0.946. The summed E-state index contributed by atoms with van der Waals surface area (Å²) in [6.45, 7) is 6.47. The van der Waals surface area contributed by atoms with E-state index in [1.807, 2.05) is 13.0 Å². The smallest absolute Gasteiger partial charge is 0.126 e. The lowest BCUT2D eigenvalue weighted by molar-refractivity contribution is -0.134. The number of hydrogen-bond donors (Lipinski definition) is 1. The zero-order valence-corrected chi connectivity index (χ0v) is 9.62. The van der Waals surface area contributed by atoms with Crippen molar-refractivity contribution >= 4 is 5.71 Å². The third-order valence-electron chi connectivity index (χ3n) is 4.51. The van der Waals surface area contributed by atoms with Crippen LogP contribution in [0.4, 0.5) is 0 Å². The summed E-state index contributed by atoms with van der Waals surface area (Å²) in [7, 11) is 0. The summed E-state index contributed by atoms with van der Waals surface area (Å²) < 4.78 is 0. The van der Waals surface area contributed by atoms with Gasteiger partial charge in [0.15, 0.2) is 0 Å². The highest BCUT2D eigenvalue weighted by molar-refractivity contribution is 5.94. The molecular weight excluding hydrogens is 188 g/mol. The fraction of sp³-hybridized carbons (Fsp3) is 0.833. The first kappa shape index (κ1) is 10.6. The minimum atomic E-state index is -0.797. The summed E-state index contributed by atoms with van der Waals surface area (Å²) in [4.78, 5) is 4.21. The Morgan fingerprint density at radius 3 is 2.67 bits per heavy atom. The van der Waals surface area contributed by atoms with Gasteiger partial charge in [0.1, 0.15) is 12.1 Å². The van der Waals surface area contributed by atoms with Crippen LogP contribution in [-0.4, -0.2) is 23.0 Å². The van der Waals surface area contributed by atoms with Gasteiger partial charge < -0.3 is 5.11 Å². The van der Waals surface area contributed by atoms with Gasteiger partial charge in [-0.25, -0.2) is 0 Å². The van der Waals surface area contributed by atoms with Gasteiger partial charge in [-0.1, -0.05) is 13.8 Å². The van der Waals surface area contributed by atoms with Crippen LogP contribution in [0.1, 0.15) is 33.6 Å². The third-order valence-corrected chi connectivity index (χ3v) is 4.51. The van der Waals surface area contributed by atoms with Crippen molar-refractivity contribution in [3.8, 4) is 6.07 Å². The number of nitrogens with zero attached hydrogens (tertiary/aromatic N) is 2. The van der Waals surface area contributed by atoms with Crippen molar-refractivity contribution in [2.75, 3.05) is 6.54 Å². The SMILES string of the molecule is CC1(C)[C@H]2CC(=NCC#N)[C@](C)(O)[C@@H]1C2. The van der Waals surface area contributed by atoms with Crippen LogP contribution in [0.2, 0.25) is 0 Å². The van der Waals surface area contributed by atoms with Gasteiger partial charge in [0, 0.05) is 5.71 Å². The first-order valence-corrected chi connectivity index (χ1v) is 5.53. The molecule has 3 aliphatic rings. The van der Waals surface area contributed by atoms with Crippen LogP contribution in [0.15, 0.2) is 4.99 Å². The first-order chi connectivity index (χ1) is 6.90. The molecule has 3 aliphatic carbocycles. The van der Waals surface area contributed by atoms with Crippen LogP contribution in [0.3, 0.4) is 0 Å². The molecular formula is C12H18N2O. The molecule has 2 bridgehead atoms. The second kappa shape index (κ2) is 3.05. The van der Waals surface area contributed by atoms with Crippen LogP contribution in [0, 0.1) is 28.6 Å². The molecule has 0 amide bonds. The third kappa shape index (κ3) is 1.32. The molecule has 0 heterocycles. The molecule has 0 aromatic heterocycles. The first-order valence-electron chi connectivity index (χ1n) is 5.53. The standard InChI is InChI=1S/C12H18N2O/c1-11(2)8-6-9(11)12(3,15)10(7-8)14-5-4-13/h8-9,15H,5-7H2,1-3H3/t8-,9-,12-/m1/s1. The molecule has 3 atom stereocenters. The molecule has 0 saturated heterocycles. The van der Waals surface area contributed by atoms with E-state index in [4.69, 9.17) is 5.26 Å². The van der Waals surface area contributed by atoms with E-state index < -0.39 is 5.60 Å². The molecule has 0 spiro atoms. The Kier molecular flexibility index (Phi) is 2.16. The van der Waals surface area contributed by atoms with Crippen LogP contribution in [0.5, 0.6) is 0 Å². The van der Waals surface area contributed by atoms with Gasteiger partial charge in [0.25, 0.3) is 0 Å². The summed E-state index contributed by atoms with van der Waals surface area (Å²) in [6.07, 6.45) is 1.96. The van der Waals surface area contributed by atoms with Crippen LogP contribution < -0.4 is 0 Å². The highest BCUT2D eigenvalue weighted by atomic mass is 16.3. The van der Waals surface area contributed by atoms with E-state index in [0.29, 0.717) is 11.8 Å². The summed E-state index contributed by atoms with van der Waals surface area (Å²) in [5.41, 5.74) is 0.272. The van der Waals surface area contributed by atoms with E-state index in [9.17, 15) is 5.11 Å². The predicted octanol–water partition coefficient (Wildman–Crippen LogP) is 1.77. The normalized spacial score (nSPS) is 44.6. The van der Waals surface area contributed by atoms with E-state index in [-0.39, 0.29) is 12.0 Å². The molecule has 0 aliphatic heterocycles. The molecule has 3 saturated carbocycles. The van der Waals surface area contributed by atoms with Gasteiger partial charge in [0.05, 0.1) is 6.07 Å². The van der Waals surface area contributed by atoms with Gasteiger partial charge in [-0.15, -0.1) is 0 Å². The van der Waals surface area contributed by atoms with Gasteiger partial charge in [-0.2, -0.15) is 5.26 Å². The van der Waals surface area contributed by atoms with E-state index in [2.05, 4.69) is 18.8 Å².